The maximum absolute atomic E-state index is 12.6. The van der Waals surface area contributed by atoms with Gasteiger partial charge in [-0.1, -0.05) is 0 Å². The first-order valence-corrected chi connectivity index (χ1v) is 4.84. The number of hydrogen-bond donors (Lipinski definition) is 1. The normalized spacial score (nSPS) is 15.4. The Hall–Kier alpha value is -0.0600. The van der Waals surface area contributed by atoms with Crippen LogP contribution in [0.25, 0.3) is 0 Å². The molecule has 0 aliphatic heterocycles. The van der Waals surface area contributed by atoms with Crippen LogP contribution >= 0.6 is 22.6 Å². The van der Waals surface area contributed by atoms with Crippen LogP contribution in [0.4, 0.5) is 30.7 Å². The second kappa shape index (κ2) is 5.07. The Morgan fingerprint density at radius 1 is 1.06 bits per heavy atom. The molecule has 0 spiro atoms. The zero-order valence-corrected chi connectivity index (χ0v) is 9.62. The summed E-state index contributed by atoms with van der Waals surface area (Å²) in [6.07, 6.45) is -7.23. The molecule has 0 bridgehead atoms. The lowest BCUT2D eigenvalue weighted by atomic mass is 10.1. The van der Waals surface area contributed by atoms with Crippen LogP contribution in [-0.2, 0) is 0 Å². The number of hydrogen-bond acceptors (Lipinski definition) is 1. The maximum Gasteiger partial charge on any atom is 0.460 e. The predicted octanol–water partition coefficient (Wildman–Crippen LogP) is 3.52. The van der Waals surface area contributed by atoms with Gasteiger partial charge < -0.3 is 5.11 Å². The first kappa shape index (κ1) is 15.9. The van der Waals surface area contributed by atoms with Crippen molar-refractivity contribution in [2.24, 2.45) is 0 Å². The molecule has 0 radical (unpaired) electrons. The summed E-state index contributed by atoms with van der Waals surface area (Å²) in [4.78, 5) is 0. The monoisotopic (exact) mass is 366 g/mol. The summed E-state index contributed by atoms with van der Waals surface area (Å²) < 4.78 is 84.4. The van der Waals surface area contributed by atoms with Gasteiger partial charge in [-0.15, -0.1) is 0 Å². The molecule has 0 unspecified atom stereocenters. The molecule has 0 saturated carbocycles. The second-order valence-corrected chi connectivity index (χ2v) is 4.15. The van der Waals surface area contributed by atoms with Crippen molar-refractivity contribution in [3.05, 3.63) is 9.66 Å². The van der Waals surface area contributed by atoms with Gasteiger partial charge in [0.2, 0.25) is 0 Å². The van der Waals surface area contributed by atoms with E-state index in [1.165, 1.54) is 0 Å². The maximum atomic E-state index is 12.6. The molecule has 0 rings (SSSR count). The Balaban J connectivity index is 5.13. The van der Waals surface area contributed by atoms with Gasteiger partial charge >= 0.3 is 18.0 Å². The Labute approximate surface area is 99.5 Å². The van der Waals surface area contributed by atoms with E-state index in [4.69, 9.17) is 5.11 Å². The van der Waals surface area contributed by atoms with Crippen LogP contribution in [-0.4, -0.2) is 29.7 Å². The fourth-order valence-electron chi connectivity index (χ4n) is 0.655. The third kappa shape index (κ3) is 3.47. The molecular weight excluding hydrogens is 360 g/mol. The second-order valence-electron chi connectivity index (χ2n) is 2.76. The Morgan fingerprint density at radius 3 is 1.81 bits per heavy atom. The lowest BCUT2D eigenvalue weighted by Gasteiger charge is -2.26. The highest BCUT2D eigenvalue weighted by Gasteiger charge is 2.72. The number of aliphatic hydroxyl groups is 1. The minimum atomic E-state index is -6.33. The SMILES string of the molecule is OCCC(I)=CC(F)(F)C(F)(F)C(F)(F)F. The standard InChI is InChI=1S/C7H6F7IO/c8-5(9,3-4(15)1-2-16)6(10,11)7(12,13)14/h3,16H,1-2H2. The number of alkyl halides is 7. The molecule has 0 aliphatic rings. The summed E-state index contributed by atoms with van der Waals surface area (Å²) in [6.45, 7) is -0.623. The summed E-state index contributed by atoms with van der Waals surface area (Å²) in [5.41, 5.74) is 0. The third-order valence-electron chi connectivity index (χ3n) is 1.46. The van der Waals surface area contributed by atoms with E-state index in [0.717, 1.165) is 22.6 Å². The van der Waals surface area contributed by atoms with E-state index in [1.54, 1.807) is 0 Å². The molecule has 96 valence electrons. The predicted molar refractivity (Wildman–Crippen MR) is 49.8 cm³/mol. The number of aliphatic hydroxyl groups excluding tert-OH is 1. The summed E-state index contributed by atoms with van der Waals surface area (Å²) >= 11 is 1.16. The van der Waals surface area contributed by atoms with Crippen LogP contribution in [0.1, 0.15) is 6.42 Å². The van der Waals surface area contributed by atoms with Gasteiger partial charge in [-0.25, -0.2) is 0 Å². The Morgan fingerprint density at radius 2 is 1.50 bits per heavy atom. The highest BCUT2D eigenvalue weighted by molar-refractivity contribution is 14.1. The quantitative estimate of drug-likeness (QED) is 0.597. The molecule has 1 N–H and O–H groups in total. The van der Waals surface area contributed by atoms with Gasteiger partial charge in [0.15, 0.2) is 0 Å². The minimum absolute atomic E-state index is 0.413. The van der Waals surface area contributed by atoms with Crippen LogP contribution in [0.15, 0.2) is 9.66 Å². The van der Waals surface area contributed by atoms with Crippen molar-refractivity contribution in [3.8, 4) is 0 Å². The largest absolute Gasteiger partial charge is 0.460 e. The molecule has 0 atom stereocenters. The summed E-state index contributed by atoms with van der Waals surface area (Å²) in [5.74, 6) is -11.5. The van der Waals surface area contributed by atoms with E-state index in [1.807, 2.05) is 0 Å². The van der Waals surface area contributed by atoms with Gasteiger partial charge in [0.05, 0.1) is 0 Å². The highest BCUT2D eigenvalue weighted by atomic mass is 127. The average molecular weight is 366 g/mol. The summed E-state index contributed by atoms with van der Waals surface area (Å²) in [5, 5.41) is 8.30. The minimum Gasteiger partial charge on any atom is -0.396 e. The van der Waals surface area contributed by atoms with Crippen molar-refractivity contribution in [3.63, 3.8) is 0 Å². The van der Waals surface area contributed by atoms with Gasteiger partial charge in [-0.3, -0.25) is 0 Å². The van der Waals surface area contributed by atoms with Crippen molar-refractivity contribution in [1.82, 2.24) is 0 Å². The van der Waals surface area contributed by atoms with Crippen LogP contribution in [0, 0.1) is 0 Å². The van der Waals surface area contributed by atoms with Crippen LogP contribution in [0.2, 0.25) is 0 Å². The molecule has 0 saturated heterocycles. The van der Waals surface area contributed by atoms with Gasteiger partial charge in [-0.05, 0) is 26.2 Å². The molecule has 0 aromatic rings. The van der Waals surface area contributed by atoms with Crippen LogP contribution in [0.5, 0.6) is 0 Å². The molecule has 0 aromatic heterocycles. The van der Waals surface area contributed by atoms with Crippen molar-refractivity contribution in [2.75, 3.05) is 6.61 Å². The lowest BCUT2D eigenvalue weighted by molar-refractivity contribution is -0.341. The lowest BCUT2D eigenvalue weighted by Crippen LogP contribution is -2.50. The molecule has 0 amide bonds. The van der Waals surface area contributed by atoms with E-state index >= 15 is 0 Å². The molecule has 1 nitrogen and oxygen atoms in total. The highest BCUT2D eigenvalue weighted by Crippen LogP contribution is 2.47. The van der Waals surface area contributed by atoms with Gasteiger partial charge in [0.1, 0.15) is 0 Å². The van der Waals surface area contributed by atoms with Crippen molar-refractivity contribution < 1.29 is 35.8 Å². The first-order chi connectivity index (χ1) is 6.95. The van der Waals surface area contributed by atoms with Gasteiger partial charge in [0.25, 0.3) is 0 Å². The zero-order valence-electron chi connectivity index (χ0n) is 7.46. The first-order valence-electron chi connectivity index (χ1n) is 3.76. The average Bonchev–Trinajstić information content (AvgIpc) is 2.00. The molecule has 0 fully saturated rings. The number of rotatable bonds is 4. The van der Waals surface area contributed by atoms with E-state index in [2.05, 4.69) is 0 Å². The molecule has 0 aromatic carbocycles. The summed E-state index contributed by atoms with van der Waals surface area (Å²) in [6, 6.07) is 0. The molecule has 0 aliphatic carbocycles. The molecule has 9 heteroatoms. The summed E-state index contributed by atoms with van der Waals surface area (Å²) in [7, 11) is 0. The fraction of sp³-hybridized carbons (Fsp3) is 0.714. The third-order valence-corrected chi connectivity index (χ3v) is 2.31. The molecular formula is C7H6F7IO. The van der Waals surface area contributed by atoms with E-state index in [9.17, 15) is 30.7 Å². The van der Waals surface area contributed by atoms with E-state index in [-0.39, 0.29) is 0 Å². The fourth-order valence-corrected chi connectivity index (χ4v) is 1.29. The Bertz CT molecular complexity index is 270. The molecule has 0 heterocycles. The van der Waals surface area contributed by atoms with Crippen molar-refractivity contribution in [2.45, 2.75) is 24.4 Å². The molecule has 16 heavy (non-hydrogen) atoms. The van der Waals surface area contributed by atoms with Gasteiger partial charge in [0, 0.05) is 19.1 Å². The topological polar surface area (TPSA) is 20.2 Å². The van der Waals surface area contributed by atoms with E-state index < -0.39 is 40.7 Å². The zero-order chi connectivity index (χ0) is 13.2. The van der Waals surface area contributed by atoms with Crippen LogP contribution in [0.3, 0.4) is 0 Å². The van der Waals surface area contributed by atoms with Gasteiger partial charge in [-0.2, -0.15) is 30.7 Å². The number of halogens is 8. The smallest absolute Gasteiger partial charge is 0.396 e. The van der Waals surface area contributed by atoms with E-state index in [0.29, 0.717) is 0 Å². The Kier molecular flexibility index (Phi) is 5.05. The van der Waals surface area contributed by atoms with Crippen LogP contribution < -0.4 is 0 Å². The number of allylic oxidation sites excluding steroid dienone is 1. The van der Waals surface area contributed by atoms with Crippen molar-refractivity contribution in [1.29, 1.82) is 0 Å². The van der Waals surface area contributed by atoms with Crippen molar-refractivity contribution >= 4 is 22.6 Å².